The van der Waals surface area contributed by atoms with Gasteiger partial charge in [-0.1, -0.05) is 51.9 Å². The van der Waals surface area contributed by atoms with Crippen LogP contribution in [-0.2, 0) is 14.3 Å². The van der Waals surface area contributed by atoms with E-state index < -0.39 is 12.1 Å². The van der Waals surface area contributed by atoms with Gasteiger partial charge in [0.1, 0.15) is 0 Å². The molecule has 1 unspecified atom stereocenters. The first-order chi connectivity index (χ1) is 8.72. The fraction of sp³-hybridized carbons (Fsp3) is 0.929. The van der Waals surface area contributed by atoms with Crippen molar-refractivity contribution in [3.8, 4) is 0 Å². The number of hydrogen-bond acceptors (Lipinski definition) is 4. The van der Waals surface area contributed by atoms with E-state index in [1.54, 1.807) is 7.11 Å². The summed E-state index contributed by atoms with van der Waals surface area (Å²) in [4.78, 5) is 10.8. The fourth-order valence-electron chi connectivity index (χ4n) is 1.83. The first kappa shape index (κ1) is 17.4. The van der Waals surface area contributed by atoms with Crippen LogP contribution in [0.2, 0.25) is 0 Å². The number of aliphatic carboxylic acids is 1. The van der Waals surface area contributed by atoms with Crippen LogP contribution in [0.3, 0.4) is 0 Å². The summed E-state index contributed by atoms with van der Waals surface area (Å²) >= 11 is 0. The highest BCUT2D eigenvalue weighted by Gasteiger charge is 2.09. The molecule has 0 aromatic rings. The average Bonchev–Trinajstić information content (AvgIpc) is 2.35. The van der Waals surface area contributed by atoms with Crippen molar-refractivity contribution < 1.29 is 19.4 Å². The molecule has 4 heteroatoms. The van der Waals surface area contributed by atoms with E-state index in [0.717, 1.165) is 12.8 Å². The summed E-state index contributed by atoms with van der Waals surface area (Å²) < 4.78 is 10.0. The lowest BCUT2D eigenvalue weighted by molar-refractivity contribution is -0.317. The predicted molar refractivity (Wildman–Crippen MR) is 69.2 cm³/mol. The van der Waals surface area contributed by atoms with Crippen LogP contribution >= 0.6 is 0 Å². The molecular formula is C14H27O4-. The Morgan fingerprint density at radius 2 is 1.67 bits per heavy atom. The monoisotopic (exact) mass is 259 g/mol. The highest BCUT2D eigenvalue weighted by molar-refractivity contribution is 5.69. The van der Waals surface area contributed by atoms with Crippen LogP contribution < -0.4 is 5.11 Å². The van der Waals surface area contributed by atoms with Gasteiger partial charge in [-0.15, -0.1) is 0 Å². The number of rotatable bonds is 13. The summed E-state index contributed by atoms with van der Waals surface area (Å²) in [5.41, 5.74) is 0. The Morgan fingerprint density at radius 3 is 2.22 bits per heavy atom. The Bertz CT molecular complexity index is 194. The highest BCUT2D eigenvalue weighted by atomic mass is 16.5. The number of unbranched alkanes of at least 4 members (excludes halogenated alkanes) is 6. The molecule has 0 heterocycles. The van der Waals surface area contributed by atoms with Crippen LogP contribution in [0.25, 0.3) is 0 Å². The van der Waals surface area contributed by atoms with Crippen molar-refractivity contribution in [2.45, 2.75) is 64.4 Å². The van der Waals surface area contributed by atoms with E-state index in [2.05, 4.69) is 6.92 Å². The summed E-state index contributed by atoms with van der Waals surface area (Å²) in [6.45, 7) is 2.92. The lowest BCUT2D eigenvalue weighted by Gasteiger charge is -2.18. The lowest BCUT2D eigenvalue weighted by Crippen LogP contribution is -2.38. The molecule has 0 aromatic carbocycles. The molecular weight excluding hydrogens is 232 g/mol. The van der Waals surface area contributed by atoms with Crippen molar-refractivity contribution >= 4 is 5.97 Å². The maximum Gasteiger partial charge on any atom is 0.0969 e. The van der Waals surface area contributed by atoms with Crippen molar-refractivity contribution in [3.63, 3.8) is 0 Å². The molecule has 0 amide bonds. The first-order valence-electron chi connectivity index (χ1n) is 7.03. The van der Waals surface area contributed by atoms with E-state index in [9.17, 15) is 9.90 Å². The Hall–Kier alpha value is -0.610. The molecule has 0 N–H and O–H groups in total. The Kier molecular flexibility index (Phi) is 12.4. The lowest BCUT2D eigenvalue weighted by atomic mass is 10.1. The fourth-order valence-corrected chi connectivity index (χ4v) is 1.83. The molecule has 0 saturated carbocycles. The molecule has 18 heavy (non-hydrogen) atoms. The van der Waals surface area contributed by atoms with Gasteiger partial charge in [-0.25, -0.2) is 0 Å². The largest absolute Gasteiger partial charge is 0.547 e. The van der Waals surface area contributed by atoms with E-state index in [1.807, 2.05) is 0 Å². The van der Waals surface area contributed by atoms with Gasteiger partial charge in [0.05, 0.1) is 25.3 Å². The summed E-state index contributed by atoms with van der Waals surface area (Å²) in [6, 6.07) is 0. The minimum Gasteiger partial charge on any atom is -0.547 e. The third-order valence-corrected chi connectivity index (χ3v) is 2.94. The summed E-state index contributed by atoms with van der Waals surface area (Å²) in [5.74, 6) is -1.11. The Balaban J connectivity index is 3.49. The van der Waals surface area contributed by atoms with Crippen molar-refractivity contribution in [2.24, 2.45) is 0 Å². The van der Waals surface area contributed by atoms with Gasteiger partial charge < -0.3 is 19.4 Å². The predicted octanol–water partition coefficient (Wildman–Crippen LogP) is 1.91. The molecule has 0 aromatic heterocycles. The second kappa shape index (κ2) is 12.8. The summed E-state index contributed by atoms with van der Waals surface area (Å²) in [6.07, 6.45) is 7.97. The number of carbonyl (C=O) groups is 1. The van der Waals surface area contributed by atoms with Crippen LogP contribution in [0, 0.1) is 0 Å². The van der Waals surface area contributed by atoms with Gasteiger partial charge in [0.25, 0.3) is 0 Å². The van der Waals surface area contributed by atoms with Crippen LogP contribution in [0.5, 0.6) is 0 Å². The van der Waals surface area contributed by atoms with Crippen LogP contribution in [0.4, 0.5) is 0 Å². The van der Waals surface area contributed by atoms with E-state index >= 15 is 0 Å². The number of carboxylic acid groups (broad SMARTS) is 1. The van der Waals surface area contributed by atoms with Crippen molar-refractivity contribution in [3.05, 3.63) is 0 Å². The van der Waals surface area contributed by atoms with Crippen LogP contribution in [0.15, 0.2) is 0 Å². The molecule has 0 radical (unpaired) electrons. The van der Waals surface area contributed by atoms with E-state index in [-0.39, 0.29) is 0 Å². The van der Waals surface area contributed by atoms with Gasteiger partial charge in [-0.3, -0.25) is 0 Å². The second-order valence-electron chi connectivity index (χ2n) is 4.58. The van der Waals surface area contributed by atoms with Crippen molar-refractivity contribution in [2.75, 3.05) is 20.3 Å². The number of ether oxygens (including phenoxy) is 2. The standard InChI is InChI=1S/C14H28O4/c1-3-4-5-6-7-8-9-10-13(14(15)16)18-12-11-17-2/h13H,3-12H2,1-2H3,(H,15,16)/p-1. The zero-order valence-electron chi connectivity index (χ0n) is 11.8. The molecule has 0 spiro atoms. The molecule has 108 valence electrons. The minimum absolute atomic E-state index is 0.311. The number of methoxy groups -OCH3 is 1. The quantitative estimate of drug-likeness (QED) is 0.474. The molecule has 0 rings (SSSR count). The van der Waals surface area contributed by atoms with Gasteiger partial charge in [-0.05, 0) is 6.42 Å². The molecule has 0 bridgehead atoms. The Labute approximate surface area is 111 Å². The third-order valence-electron chi connectivity index (χ3n) is 2.94. The van der Waals surface area contributed by atoms with Gasteiger partial charge in [0.2, 0.25) is 0 Å². The van der Waals surface area contributed by atoms with Gasteiger partial charge in [-0.2, -0.15) is 0 Å². The molecule has 1 atom stereocenters. The summed E-state index contributed by atoms with van der Waals surface area (Å²) in [7, 11) is 1.56. The molecule has 0 aliphatic heterocycles. The molecule has 4 nitrogen and oxygen atoms in total. The zero-order chi connectivity index (χ0) is 13.6. The van der Waals surface area contributed by atoms with Gasteiger partial charge in [0, 0.05) is 7.11 Å². The number of carboxylic acids is 1. The summed E-state index contributed by atoms with van der Waals surface area (Å²) in [5, 5.41) is 10.8. The number of hydrogen-bond donors (Lipinski definition) is 0. The Morgan fingerprint density at radius 1 is 1.06 bits per heavy atom. The number of carbonyl (C=O) groups excluding carboxylic acids is 1. The van der Waals surface area contributed by atoms with E-state index in [4.69, 9.17) is 9.47 Å². The topological polar surface area (TPSA) is 58.6 Å². The van der Waals surface area contributed by atoms with Crippen molar-refractivity contribution in [1.82, 2.24) is 0 Å². The normalized spacial score (nSPS) is 12.6. The van der Waals surface area contributed by atoms with E-state index in [0.29, 0.717) is 19.6 Å². The smallest absolute Gasteiger partial charge is 0.0969 e. The zero-order valence-corrected chi connectivity index (χ0v) is 11.8. The second-order valence-corrected chi connectivity index (χ2v) is 4.58. The molecule has 0 aliphatic rings. The highest BCUT2D eigenvalue weighted by Crippen LogP contribution is 2.11. The van der Waals surface area contributed by atoms with Crippen LogP contribution in [-0.4, -0.2) is 32.4 Å². The van der Waals surface area contributed by atoms with Gasteiger partial charge >= 0.3 is 0 Å². The maximum absolute atomic E-state index is 10.8. The first-order valence-corrected chi connectivity index (χ1v) is 7.03. The maximum atomic E-state index is 10.8. The van der Waals surface area contributed by atoms with Gasteiger partial charge in [0.15, 0.2) is 0 Å². The third kappa shape index (κ3) is 10.5. The average molecular weight is 259 g/mol. The SMILES string of the molecule is CCCCCCCCCC(OCCOC)C(=O)[O-]. The minimum atomic E-state index is -1.11. The van der Waals surface area contributed by atoms with Crippen molar-refractivity contribution in [1.29, 1.82) is 0 Å². The molecule has 0 aliphatic carbocycles. The molecule has 0 saturated heterocycles. The van der Waals surface area contributed by atoms with Crippen LogP contribution in [0.1, 0.15) is 58.3 Å². The molecule has 0 fully saturated rings. The van der Waals surface area contributed by atoms with E-state index in [1.165, 1.54) is 32.1 Å².